The van der Waals surface area contributed by atoms with Gasteiger partial charge in [0.1, 0.15) is 0 Å². The zero-order valence-electron chi connectivity index (χ0n) is 13.0. The van der Waals surface area contributed by atoms with Crippen molar-refractivity contribution in [2.45, 2.75) is 39.3 Å². The molecule has 0 aromatic heterocycles. The van der Waals surface area contributed by atoms with E-state index in [9.17, 15) is 0 Å². The van der Waals surface area contributed by atoms with Crippen LogP contribution in [-0.2, 0) is 19.5 Å². The first kappa shape index (κ1) is 14.2. The van der Waals surface area contributed by atoms with Gasteiger partial charge >= 0.3 is 0 Å². The van der Waals surface area contributed by atoms with E-state index in [4.69, 9.17) is 5.73 Å². The molecule has 1 heterocycles. The van der Waals surface area contributed by atoms with Gasteiger partial charge in [0, 0.05) is 25.3 Å². The fourth-order valence-corrected chi connectivity index (χ4v) is 3.10. The molecule has 2 N–H and O–H groups in total. The standard InChI is InChI=1S/C19H24N2/c1-14(2)16-8-6-15(7-9-16)12-21-11-10-18-17(13-21)4-3-5-19(18)20/h3-9,14H,10-13,20H2,1-2H3. The van der Waals surface area contributed by atoms with E-state index in [-0.39, 0.29) is 0 Å². The SMILES string of the molecule is CC(C)c1ccc(CN2CCc3c(N)cccc3C2)cc1. The molecule has 21 heavy (non-hydrogen) atoms. The normalized spacial score (nSPS) is 15.2. The summed E-state index contributed by atoms with van der Waals surface area (Å²) in [4.78, 5) is 2.51. The molecular weight excluding hydrogens is 256 g/mol. The van der Waals surface area contributed by atoms with Crippen molar-refractivity contribution < 1.29 is 0 Å². The lowest BCUT2D eigenvalue weighted by atomic mass is 9.97. The first-order valence-corrected chi connectivity index (χ1v) is 7.81. The number of anilines is 1. The first-order chi connectivity index (χ1) is 10.1. The summed E-state index contributed by atoms with van der Waals surface area (Å²) >= 11 is 0. The van der Waals surface area contributed by atoms with E-state index in [2.05, 4.69) is 55.1 Å². The summed E-state index contributed by atoms with van der Waals surface area (Å²) in [7, 11) is 0. The largest absolute Gasteiger partial charge is 0.398 e. The fourth-order valence-electron chi connectivity index (χ4n) is 3.10. The molecule has 3 rings (SSSR count). The Bertz CT molecular complexity index is 614. The lowest BCUT2D eigenvalue weighted by Gasteiger charge is -2.29. The van der Waals surface area contributed by atoms with E-state index < -0.39 is 0 Å². The third-order valence-electron chi connectivity index (χ3n) is 4.43. The first-order valence-electron chi connectivity index (χ1n) is 7.81. The molecule has 0 spiro atoms. The molecule has 0 unspecified atom stereocenters. The fraction of sp³-hybridized carbons (Fsp3) is 0.368. The maximum absolute atomic E-state index is 6.07. The van der Waals surface area contributed by atoms with Crippen LogP contribution in [0.5, 0.6) is 0 Å². The van der Waals surface area contributed by atoms with Crippen LogP contribution in [0.4, 0.5) is 5.69 Å². The summed E-state index contributed by atoms with van der Waals surface area (Å²) in [6.45, 7) is 7.59. The molecule has 2 heteroatoms. The van der Waals surface area contributed by atoms with Crippen molar-refractivity contribution in [3.8, 4) is 0 Å². The molecule has 2 aromatic rings. The average molecular weight is 280 g/mol. The summed E-state index contributed by atoms with van der Waals surface area (Å²) in [5.74, 6) is 0.601. The predicted octanol–water partition coefficient (Wildman–Crippen LogP) is 3.95. The smallest absolute Gasteiger partial charge is 0.0350 e. The maximum atomic E-state index is 6.07. The van der Waals surface area contributed by atoms with Crippen molar-refractivity contribution in [1.29, 1.82) is 0 Å². The number of benzene rings is 2. The van der Waals surface area contributed by atoms with Gasteiger partial charge in [0.2, 0.25) is 0 Å². The molecule has 2 aromatic carbocycles. The van der Waals surface area contributed by atoms with Gasteiger partial charge in [-0.25, -0.2) is 0 Å². The summed E-state index contributed by atoms with van der Waals surface area (Å²) in [6.07, 6.45) is 1.06. The van der Waals surface area contributed by atoms with Crippen molar-refractivity contribution in [3.63, 3.8) is 0 Å². The second-order valence-corrected chi connectivity index (χ2v) is 6.34. The Kier molecular flexibility index (Phi) is 3.98. The minimum atomic E-state index is 0.601. The molecule has 0 atom stereocenters. The molecule has 0 fully saturated rings. The molecular formula is C19H24N2. The highest BCUT2D eigenvalue weighted by molar-refractivity contribution is 5.51. The van der Waals surface area contributed by atoms with Gasteiger partial charge in [0.05, 0.1) is 0 Å². The molecule has 2 nitrogen and oxygen atoms in total. The predicted molar refractivity (Wildman–Crippen MR) is 89.2 cm³/mol. The van der Waals surface area contributed by atoms with Gasteiger partial charge in [-0.05, 0) is 40.7 Å². The molecule has 0 amide bonds. The molecule has 0 saturated carbocycles. The van der Waals surface area contributed by atoms with E-state index in [0.717, 1.165) is 31.7 Å². The van der Waals surface area contributed by atoms with Gasteiger partial charge in [0.15, 0.2) is 0 Å². The van der Waals surface area contributed by atoms with Crippen molar-refractivity contribution in [3.05, 3.63) is 64.7 Å². The van der Waals surface area contributed by atoms with Crippen LogP contribution in [0.15, 0.2) is 42.5 Å². The van der Waals surface area contributed by atoms with Crippen LogP contribution >= 0.6 is 0 Å². The Morgan fingerprint density at radius 1 is 1.10 bits per heavy atom. The zero-order chi connectivity index (χ0) is 14.8. The van der Waals surface area contributed by atoms with Crippen LogP contribution in [0, 0.1) is 0 Å². The van der Waals surface area contributed by atoms with Crippen molar-refractivity contribution >= 4 is 5.69 Å². The van der Waals surface area contributed by atoms with Gasteiger partial charge in [-0.2, -0.15) is 0 Å². The average Bonchev–Trinajstić information content (AvgIpc) is 2.48. The van der Waals surface area contributed by atoms with E-state index in [1.54, 1.807) is 0 Å². The van der Waals surface area contributed by atoms with Gasteiger partial charge < -0.3 is 5.73 Å². The van der Waals surface area contributed by atoms with Crippen LogP contribution < -0.4 is 5.73 Å². The number of nitrogen functional groups attached to an aromatic ring is 1. The Hall–Kier alpha value is -1.80. The van der Waals surface area contributed by atoms with Crippen LogP contribution in [0.3, 0.4) is 0 Å². The Labute approximate surface area is 127 Å². The molecule has 0 saturated heterocycles. The molecule has 0 radical (unpaired) electrons. The van der Waals surface area contributed by atoms with Crippen LogP contribution in [-0.4, -0.2) is 11.4 Å². The Morgan fingerprint density at radius 3 is 2.57 bits per heavy atom. The van der Waals surface area contributed by atoms with E-state index in [1.807, 2.05) is 6.07 Å². The highest BCUT2D eigenvalue weighted by Crippen LogP contribution is 2.25. The topological polar surface area (TPSA) is 29.3 Å². The number of hydrogen-bond donors (Lipinski definition) is 1. The van der Waals surface area contributed by atoms with Crippen molar-refractivity contribution in [1.82, 2.24) is 4.90 Å². The highest BCUT2D eigenvalue weighted by Gasteiger charge is 2.17. The van der Waals surface area contributed by atoms with E-state index in [0.29, 0.717) is 5.92 Å². The number of rotatable bonds is 3. The summed E-state index contributed by atoms with van der Waals surface area (Å²) in [6, 6.07) is 15.3. The summed E-state index contributed by atoms with van der Waals surface area (Å²) in [5, 5.41) is 0. The van der Waals surface area contributed by atoms with Crippen molar-refractivity contribution in [2.24, 2.45) is 0 Å². The van der Waals surface area contributed by atoms with Crippen molar-refractivity contribution in [2.75, 3.05) is 12.3 Å². The Balaban J connectivity index is 1.69. The molecule has 1 aliphatic rings. The minimum Gasteiger partial charge on any atom is -0.398 e. The molecule has 0 aliphatic carbocycles. The van der Waals surface area contributed by atoms with E-state index in [1.165, 1.54) is 22.3 Å². The second-order valence-electron chi connectivity index (χ2n) is 6.34. The van der Waals surface area contributed by atoms with Gasteiger partial charge in [-0.3, -0.25) is 4.90 Å². The maximum Gasteiger partial charge on any atom is 0.0350 e. The van der Waals surface area contributed by atoms with Crippen LogP contribution in [0.1, 0.15) is 42.0 Å². The third-order valence-corrected chi connectivity index (χ3v) is 4.43. The highest BCUT2D eigenvalue weighted by atomic mass is 15.1. The Morgan fingerprint density at radius 2 is 1.86 bits per heavy atom. The summed E-state index contributed by atoms with van der Waals surface area (Å²) in [5.41, 5.74) is 12.6. The number of fused-ring (bicyclic) bond motifs is 1. The monoisotopic (exact) mass is 280 g/mol. The quantitative estimate of drug-likeness (QED) is 0.863. The molecule has 1 aliphatic heterocycles. The van der Waals surface area contributed by atoms with Gasteiger partial charge in [-0.15, -0.1) is 0 Å². The second kappa shape index (κ2) is 5.90. The molecule has 0 bridgehead atoms. The lowest BCUT2D eigenvalue weighted by molar-refractivity contribution is 0.246. The van der Waals surface area contributed by atoms with Crippen LogP contribution in [0.2, 0.25) is 0 Å². The van der Waals surface area contributed by atoms with Gasteiger partial charge in [-0.1, -0.05) is 50.2 Å². The number of nitrogens with zero attached hydrogens (tertiary/aromatic N) is 1. The molecule has 110 valence electrons. The zero-order valence-corrected chi connectivity index (χ0v) is 13.0. The number of nitrogens with two attached hydrogens (primary N) is 1. The number of hydrogen-bond acceptors (Lipinski definition) is 2. The minimum absolute atomic E-state index is 0.601. The third kappa shape index (κ3) is 3.11. The van der Waals surface area contributed by atoms with E-state index >= 15 is 0 Å². The van der Waals surface area contributed by atoms with Crippen LogP contribution in [0.25, 0.3) is 0 Å². The lowest BCUT2D eigenvalue weighted by Crippen LogP contribution is -2.30. The van der Waals surface area contributed by atoms with Gasteiger partial charge in [0.25, 0.3) is 0 Å². The summed E-state index contributed by atoms with van der Waals surface area (Å²) < 4.78 is 0.